The highest BCUT2D eigenvalue weighted by Crippen LogP contribution is 2.39. The first-order valence-electron chi connectivity index (χ1n) is 4.74. The molecule has 0 aliphatic carbocycles. The van der Waals surface area contributed by atoms with E-state index in [1.54, 1.807) is 0 Å². The summed E-state index contributed by atoms with van der Waals surface area (Å²) in [7, 11) is 0. The topological polar surface area (TPSA) is 12.0 Å². The lowest BCUT2D eigenvalue weighted by molar-refractivity contribution is 0.455. The third kappa shape index (κ3) is 2.09. The zero-order valence-electron chi connectivity index (χ0n) is 8.43. The normalized spacial score (nSPS) is 19.4. The Balaban J connectivity index is 2.34. The Bertz CT molecular complexity index is 349. The molecule has 2 rings (SSSR count). The summed E-state index contributed by atoms with van der Waals surface area (Å²) in [5, 5.41) is 3.52. The number of fused-ring (bicyclic) bond motifs is 1. The summed E-state index contributed by atoms with van der Waals surface area (Å²) >= 11 is 5.52. The largest absolute Gasteiger partial charge is 0.383 e. The average Bonchev–Trinajstić information content (AvgIpc) is 2.27. The smallest absolute Gasteiger partial charge is 0.0622 e. The molecule has 0 atom stereocenters. The summed E-state index contributed by atoms with van der Waals surface area (Å²) in [6, 6.07) is 6.36. The van der Waals surface area contributed by atoms with Gasteiger partial charge in [-0.25, -0.2) is 0 Å². The van der Waals surface area contributed by atoms with Crippen molar-refractivity contribution in [3.8, 4) is 0 Å². The van der Waals surface area contributed by atoms with Crippen molar-refractivity contribution in [2.45, 2.75) is 18.7 Å². The minimum atomic E-state index is 0.364. The van der Waals surface area contributed by atoms with Crippen LogP contribution < -0.4 is 5.32 Å². The summed E-state index contributed by atoms with van der Waals surface area (Å²) in [6.45, 7) is 5.63. The van der Waals surface area contributed by atoms with Crippen LogP contribution in [0.5, 0.6) is 0 Å². The van der Waals surface area contributed by atoms with Crippen LogP contribution in [0.15, 0.2) is 27.6 Å². The van der Waals surface area contributed by atoms with E-state index in [9.17, 15) is 0 Å². The summed E-state index contributed by atoms with van der Waals surface area (Å²) in [4.78, 5) is 1.35. The fraction of sp³-hybridized carbons (Fsp3) is 0.455. The zero-order chi connectivity index (χ0) is 10.2. The van der Waals surface area contributed by atoms with Crippen molar-refractivity contribution >= 4 is 33.4 Å². The van der Waals surface area contributed by atoms with E-state index in [0.29, 0.717) is 5.41 Å². The van der Waals surface area contributed by atoms with Gasteiger partial charge in [0.25, 0.3) is 0 Å². The van der Waals surface area contributed by atoms with E-state index in [1.165, 1.54) is 20.8 Å². The summed E-state index contributed by atoms with van der Waals surface area (Å²) in [6.07, 6.45) is 0. The maximum atomic E-state index is 3.58. The molecule has 1 heterocycles. The van der Waals surface area contributed by atoms with Gasteiger partial charge < -0.3 is 5.32 Å². The zero-order valence-corrected chi connectivity index (χ0v) is 10.8. The lowest BCUT2D eigenvalue weighted by Gasteiger charge is -2.21. The van der Waals surface area contributed by atoms with E-state index in [1.807, 2.05) is 11.8 Å². The highest BCUT2D eigenvalue weighted by atomic mass is 79.9. The lowest BCUT2D eigenvalue weighted by Crippen LogP contribution is -2.23. The van der Waals surface area contributed by atoms with Crippen LogP contribution in [0.2, 0.25) is 0 Å². The van der Waals surface area contributed by atoms with Crippen molar-refractivity contribution in [1.82, 2.24) is 0 Å². The Morgan fingerprint density at radius 1 is 1.43 bits per heavy atom. The molecule has 76 valence electrons. The van der Waals surface area contributed by atoms with E-state index in [0.717, 1.165) is 6.54 Å². The molecule has 1 aliphatic rings. The van der Waals surface area contributed by atoms with Crippen LogP contribution in [0, 0.1) is 5.41 Å². The molecule has 1 N–H and O–H groups in total. The van der Waals surface area contributed by atoms with Crippen molar-refractivity contribution in [2.24, 2.45) is 5.41 Å². The van der Waals surface area contributed by atoms with Crippen LogP contribution in [0.3, 0.4) is 0 Å². The van der Waals surface area contributed by atoms with Crippen LogP contribution in [-0.4, -0.2) is 12.3 Å². The number of thioether (sulfide) groups is 1. The number of nitrogens with one attached hydrogen (secondary N) is 1. The predicted molar refractivity (Wildman–Crippen MR) is 67.1 cm³/mol. The van der Waals surface area contributed by atoms with Crippen molar-refractivity contribution in [3.63, 3.8) is 0 Å². The standard InChI is InChI=1S/C11H14BrNS/c1-11(2)6-13-10-8(12)4-3-5-9(10)14-7-11/h3-5,13H,6-7H2,1-2H3. The van der Waals surface area contributed by atoms with Crippen molar-refractivity contribution in [1.29, 1.82) is 0 Å². The van der Waals surface area contributed by atoms with E-state index in [4.69, 9.17) is 0 Å². The molecule has 1 aromatic rings. The molecular weight excluding hydrogens is 258 g/mol. The summed E-state index contributed by atoms with van der Waals surface area (Å²) in [5.74, 6) is 1.17. The third-order valence-corrected chi connectivity index (χ3v) is 4.58. The van der Waals surface area contributed by atoms with Crippen LogP contribution >= 0.6 is 27.7 Å². The van der Waals surface area contributed by atoms with Gasteiger partial charge in [-0.05, 0) is 33.5 Å². The quantitative estimate of drug-likeness (QED) is 0.766. The molecule has 0 amide bonds. The van der Waals surface area contributed by atoms with Crippen LogP contribution in [0.1, 0.15) is 13.8 Å². The van der Waals surface area contributed by atoms with Crippen LogP contribution in [-0.2, 0) is 0 Å². The van der Waals surface area contributed by atoms with Crippen LogP contribution in [0.4, 0.5) is 5.69 Å². The van der Waals surface area contributed by atoms with E-state index in [-0.39, 0.29) is 0 Å². The highest BCUT2D eigenvalue weighted by Gasteiger charge is 2.23. The molecule has 0 radical (unpaired) electrons. The molecule has 0 aromatic heterocycles. The third-order valence-electron chi connectivity index (χ3n) is 2.34. The van der Waals surface area contributed by atoms with Gasteiger partial charge in [0, 0.05) is 21.7 Å². The van der Waals surface area contributed by atoms with Gasteiger partial charge >= 0.3 is 0 Å². The number of rotatable bonds is 0. The fourth-order valence-corrected chi connectivity index (χ4v) is 3.24. The van der Waals surface area contributed by atoms with Crippen molar-refractivity contribution in [3.05, 3.63) is 22.7 Å². The molecule has 0 saturated heterocycles. The molecule has 14 heavy (non-hydrogen) atoms. The number of hydrogen-bond acceptors (Lipinski definition) is 2. The van der Waals surface area contributed by atoms with Gasteiger partial charge in [0.2, 0.25) is 0 Å². The SMILES string of the molecule is CC1(C)CNc2c(Br)cccc2SC1. The van der Waals surface area contributed by atoms with E-state index < -0.39 is 0 Å². The number of halogens is 1. The summed E-state index contributed by atoms with van der Waals surface area (Å²) < 4.78 is 1.17. The first-order valence-corrected chi connectivity index (χ1v) is 6.52. The second-order valence-corrected chi connectivity index (χ2v) is 6.29. The molecule has 1 nitrogen and oxygen atoms in total. The molecule has 1 aromatic carbocycles. The second-order valence-electron chi connectivity index (χ2n) is 4.42. The lowest BCUT2D eigenvalue weighted by atomic mass is 9.96. The number of para-hydroxylation sites is 1. The molecule has 1 aliphatic heterocycles. The Morgan fingerprint density at radius 2 is 2.21 bits per heavy atom. The fourth-order valence-electron chi connectivity index (χ4n) is 1.45. The van der Waals surface area contributed by atoms with Crippen molar-refractivity contribution < 1.29 is 0 Å². The monoisotopic (exact) mass is 271 g/mol. The molecule has 0 saturated carbocycles. The Kier molecular flexibility index (Phi) is 2.80. The minimum Gasteiger partial charge on any atom is -0.383 e. The van der Waals surface area contributed by atoms with Gasteiger partial charge in [0.15, 0.2) is 0 Å². The van der Waals surface area contributed by atoms with Crippen LogP contribution in [0.25, 0.3) is 0 Å². The van der Waals surface area contributed by atoms with Crippen molar-refractivity contribution in [2.75, 3.05) is 17.6 Å². The minimum absolute atomic E-state index is 0.364. The number of benzene rings is 1. The van der Waals surface area contributed by atoms with Gasteiger partial charge in [0.05, 0.1) is 5.69 Å². The Labute approximate surface area is 97.8 Å². The number of anilines is 1. The average molecular weight is 272 g/mol. The maximum absolute atomic E-state index is 3.58. The van der Waals surface area contributed by atoms with Gasteiger partial charge in [-0.2, -0.15) is 0 Å². The van der Waals surface area contributed by atoms with Gasteiger partial charge in [-0.1, -0.05) is 19.9 Å². The second kappa shape index (κ2) is 3.78. The molecule has 0 unspecified atom stereocenters. The first-order chi connectivity index (χ1) is 6.58. The van der Waals surface area contributed by atoms with Gasteiger partial charge in [-0.15, -0.1) is 11.8 Å². The van der Waals surface area contributed by atoms with Gasteiger partial charge in [-0.3, -0.25) is 0 Å². The Hall–Kier alpha value is -0.150. The maximum Gasteiger partial charge on any atom is 0.0622 e. The molecule has 0 fully saturated rings. The number of hydrogen-bond donors (Lipinski definition) is 1. The molecule has 0 bridgehead atoms. The summed E-state index contributed by atoms with van der Waals surface area (Å²) in [5.41, 5.74) is 1.62. The molecule has 3 heteroatoms. The predicted octanol–water partition coefficient (Wildman–Crippen LogP) is 3.99. The molecular formula is C11H14BrNS. The molecule has 0 spiro atoms. The van der Waals surface area contributed by atoms with E-state index in [2.05, 4.69) is 53.3 Å². The van der Waals surface area contributed by atoms with Gasteiger partial charge in [0.1, 0.15) is 0 Å². The first kappa shape index (κ1) is 10.4. The van der Waals surface area contributed by atoms with E-state index >= 15 is 0 Å². The Morgan fingerprint density at radius 3 is 3.00 bits per heavy atom. The highest BCUT2D eigenvalue weighted by molar-refractivity contribution is 9.10.